The molecule has 6 aromatic rings. The van der Waals surface area contributed by atoms with Gasteiger partial charge in [0.15, 0.2) is 12.2 Å². The average molecular weight is 1470 g/mol. The van der Waals surface area contributed by atoms with Crippen molar-refractivity contribution >= 4 is 111 Å². The van der Waals surface area contributed by atoms with Crippen LogP contribution in [0.1, 0.15) is 153 Å². The number of rotatable bonds is 23. The van der Waals surface area contributed by atoms with Gasteiger partial charge in [0.2, 0.25) is 47.3 Å². The van der Waals surface area contributed by atoms with Crippen molar-refractivity contribution in [2.24, 2.45) is 23.3 Å². The fourth-order valence-electron chi connectivity index (χ4n) is 11.6. The third-order valence-corrected chi connectivity index (χ3v) is 18.3. The number of carboxylic acids is 2. The summed E-state index contributed by atoms with van der Waals surface area (Å²) in [7, 11) is 0. The number of esters is 1. The number of nitrogens with zero attached hydrogens (tertiary/aromatic N) is 4. The third kappa shape index (κ3) is 23.9. The number of carbonyl (C=O) groups excluding carboxylic acids is 9. The van der Waals surface area contributed by atoms with E-state index in [1.54, 1.807) is 138 Å². The number of nitrogens with two attached hydrogens (primary N) is 2. The van der Waals surface area contributed by atoms with E-state index in [4.69, 9.17) is 31.9 Å². The molecule has 8 amide bonds. The van der Waals surface area contributed by atoms with Gasteiger partial charge in [-0.2, -0.15) is 22.7 Å². The summed E-state index contributed by atoms with van der Waals surface area (Å²) in [5.41, 5.74) is 17.0. The molecule has 4 aliphatic heterocycles. The van der Waals surface area contributed by atoms with E-state index in [2.05, 4.69) is 26.0 Å². The molecule has 104 heavy (non-hydrogen) atoms. The molecule has 0 bridgehead atoms. The molecule has 2 saturated heterocycles. The number of carbonyl (C=O) groups is 11. The topological polar surface area (TPSA) is 391 Å². The van der Waals surface area contributed by atoms with E-state index >= 15 is 0 Å². The minimum atomic E-state index is -1.41. The summed E-state index contributed by atoms with van der Waals surface area (Å²) in [6.07, 6.45) is 1.13. The van der Waals surface area contributed by atoms with Gasteiger partial charge in [0.1, 0.15) is 24.2 Å². The van der Waals surface area contributed by atoms with E-state index < -0.39 is 83.0 Å². The van der Waals surface area contributed by atoms with Gasteiger partial charge in [0, 0.05) is 45.7 Å². The molecule has 12 N–H and O–H groups in total. The lowest BCUT2D eigenvalue weighted by atomic mass is 9.94. The van der Waals surface area contributed by atoms with E-state index in [9.17, 15) is 52.7 Å². The summed E-state index contributed by atoms with van der Waals surface area (Å²) >= 11 is 3.09. The van der Waals surface area contributed by atoms with Crippen molar-refractivity contribution < 1.29 is 77.9 Å². The number of para-hydroxylation sites is 2. The highest BCUT2D eigenvalue weighted by Crippen LogP contribution is 2.42. The number of hydrogen-bond donors (Lipinski definition) is 10. The Morgan fingerprint density at radius 2 is 0.923 bits per heavy atom. The lowest BCUT2D eigenvalue weighted by Gasteiger charge is -2.37. The molecule has 28 heteroatoms. The van der Waals surface area contributed by atoms with Crippen molar-refractivity contribution in [3.05, 3.63) is 164 Å². The number of amides is 8. The van der Waals surface area contributed by atoms with Crippen LogP contribution in [0, 0.1) is 11.8 Å². The molecule has 2 fully saturated rings. The Bertz CT molecular complexity index is 3670. The molecule has 560 valence electrons. The van der Waals surface area contributed by atoms with Crippen LogP contribution in [0.15, 0.2) is 131 Å². The maximum absolute atomic E-state index is 13.9. The van der Waals surface area contributed by atoms with Crippen LogP contribution in [-0.4, -0.2) is 141 Å². The van der Waals surface area contributed by atoms with E-state index in [1.807, 2.05) is 97.7 Å². The van der Waals surface area contributed by atoms with Gasteiger partial charge in [-0.3, -0.25) is 43.2 Å². The lowest BCUT2D eigenvalue weighted by Crippen LogP contribution is -2.59. The van der Waals surface area contributed by atoms with Gasteiger partial charge in [-0.25, -0.2) is 9.59 Å². The van der Waals surface area contributed by atoms with Crippen LogP contribution < -0.4 is 52.3 Å². The minimum absolute atomic E-state index is 0.0480. The number of aliphatic hydroxyl groups excluding tert-OH is 2. The van der Waals surface area contributed by atoms with Crippen molar-refractivity contribution in [2.75, 3.05) is 39.3 Å². The molecular weight excluding hydrogens is 1370 g/mol. The van der Waals surface area contributed by atoms with Crippen molar-refractivity contribution in [3.8, 4) is 0 Å². The number of thiophene rings is 2. The van der Waals surface area contributed by atoms with Gasteiger partial charge in [0.25, 0.3) is 0 Å². The first-order chi connectivity index (χ1) is 49.1. The smallest absolute Gasteiger partial charge is 0.337 e. The predicted molar refractivity (Wildman–Crippen MR) is 398 cm³/mol. The lowest BCUT2D eigenvalue weighted by molar-refractivity contribution is -0.147. The second-order valence-corrected chi connectivity index (χ2v) is 29.1. The highest BCUT2D eigenvalue weighted by molar-refractivity contribution is 7.08. The molecule has 26 nitrogen and oxygen atoms in total. The summed E-state index contributed by atoms with van der Waals surface area (Å²) in [6, 6.07) is 28.6. The molecule has 0 spiro atoms. The fourth-order valence-corrected chi connectivity index (χ4v) is 12.9. The number of aliphatic hydroxyl groups is 2. The zero-order valence-corrected chi connectivity index (χ0v) is 62.1. The number of ether oxygens (including phenoxy) is 1. The van der Waals surface area contributed by atoms with Crippen molar-refractivity contribution in [1.82, 2.24) is 21.3 Å². The minimum Gasteiger partial charge on any atom is -0.479 e. The van der Waals surface area contributed by atoms with E-state index in [1.165, 1.54) is 6.92 Å². The van der Waals surface area contributed by atoms with Gasteiger partial charge in [-0.15, -0.1) is 0 Å². The Morgan fingerprint density at radius 3 is 1.19 bits per heavy atom. The molecule has 0 radical (unpaired) electrons. The van der Waals surface area contributed by atoms with E-state index in [-0.39, 0.29) is 41.4 Å². The largest absolute Gasteiger partial charge is 0.479 e. The normalized spacial score (nSPS) is 16.6. The van der Waals surface area contributed by atoms with Crippen LogP contribution >= 0.6 is 22.7 Å². The summed E-state index contributed by atoms with van der Waals surface area (Å²) in [6.45, 7) is 19.7. The average Bonchev–Trinajstić information content (AvgIpc) is 1.12. The van der Waals surface area contributed by atoms with Crippen LogP contribution in [0.25, 0.3) is 0 Å². The monoisotopic (exact) mass is 1470 g/mol. The van der Waals surface area contributed by atoms with Crippen LogP contribution in [-0.2, 0) is 83.4 Å². The van der Waals surface area contributed by atoms with Crippen molar-refractivity contribution in [1.29, 1.82) is 0 Å². The van der Waals surface area contributed by atoms with Crippen LogP contribution in [0.2, 0.25) is 0 Å². The highest BCUT2D eigenvalue weighted by Gasteiger charge is 2.42. The molecule has 10 rings (SSSR count). The first-order valence-electron chi connectivity index (χ1n) is 34.5. The van der Waals surface area contributed by atoms with Gasteiger partial charge < -0.3 is 77.5 Å². The molecule has 4 aromatic carbocycles. The van der Waals surface area contributed by atoms with Gasteiger partial charge in [-0.05, 0) is 151 Å². The fraction of sp³-hybridized carbons (Fsp3) is 0.434. The number of anilines is 4. The summed E-state index contributed by atoms with van der Waals surface area (Å²) < 4.78 is 4.40. The molecule has 6 heterocycles. The van der Waals surface area contributed by atoms with Gasteiger partial charge in [0.05, 0.1) is 53.5 Å². The van der Waals surface area contributed by atoms with Crippen molar-refractivity contribution in [3.63, 3.8) is 0 Å². The number of nitrogens with one attached hydrogen (secondary N) is 4. The number of benzene rings is 4. The predicted octanol–water partition coefficient (Wildman–Crippen LogP) is 7.61. The second kappa shape index (κ2) is 38.7. The van der Waals surface area contributed by atoms with Gasteiger partial charge in [-0.1, -0.05) is 113 Å². The van der Waals surface area contributed by atoms with Crippen LogP contribution in [0.5, 0.6) is 0 Å². The zero-order chi connectivity index (χ0) is 76.8. The summed E-state index contributed by atoms with van der Waals surface area (Å²) in [5, 5.41) is 54.0. The second-order valence-electron chi connectivity index (χ2n) is 27.5. The van der Waals surface area contributed by atoms with Crippen LogP contribution in [0.3, 0.4) is 0 Å². The first-order valence-corrected chi connectivity index (χ1v) is 36.3. The number of carboxylic acid groups (broad SMARTS) is 2. The molecule has 4 aliphatic rings. The molecule has 6 atom stereocenters. The Hall–Kier alpha value is -9.71. The molecule has 0 aliphatic carbocycles. The van der Waals surface area contributed by atoms with Crippen LogP contribution in [0.4, 0.5) is 22.7 Å². The quantitative estimate of drug-likeness (QED) is 0.0276. The standard InChI is InChI=1S/2C28H37N5O4S.2C8H8O3.C4H8O2/c2*1-17(2)13-20(31-27(37)28(3,4)29)25(35)30-21-14-19-7-5-8-22(32-11-6-9-23(32)34)24(19)33(26(21)36)15-18-10-12-38-16-18;2*9-7(8(10)11)6-4-2-1-3-5-6;1-3-6-4(2)5/h2*5,7-8,10,12,16-17,20-21H,6,9,11,13-15,29H2,1-4H3,(H,30,35)(H,31,37);2*1-5,7,9H,(H,10,11);3H2,1-2H3/t2*20-,21?;2*7-;/m1100./s1. The number of fused-ring (bicyclic) bond motifs is 2. The van der Waals surface area contributed by atoms with Gasteiger partial charge >= 0.3 is 17.9 Å². The maximum Gasteiger partial charge on any atom is 0.337 e. The Balaban J connectivity index is 0.000000238. The Labute approximate surface area is 614 Å². The van der Waals surface area contributed by atoms with Crippen molar-refractivity contribution in [2.45, 2.75) is 181 Å². The Kier molecular flexibility index (Phi) is 31.0. The number of hydrogen-bond acceptors (Lipinski definition) is 18. The summed E-state index contributed by atoms with van der Waals surface area (Å²) in [4.78, 5) is 142. The molecule has 2 unspecified atom stereocenters. The van der Waals surface area contributed by atoms with E-state index in [0.717, 1.165) is 57.8 Å². The third-order valence-electron chi connectivity index (χ3n) is 16.8. The summed E-state index contributed by atoms with van der Waals surface area (Å²) in [5.74, 6) is -4.50. The van der Waals surface area contributed by atoms with E-state index in [0.29, 0.717) is 82.4 Å². The molecule has 0 saturated carbocycles. The Morgan fingerprint density at radius 1 is 0.558 bits per heavy atom. The number of aliphatic carboxylic acids is 2. The molecule has 2 aromatic heterocycles. The first kappa shape index (κ1) is 83.2. The highest BCUT2D eigenvalue weighted by atomic mass is 32.1. The SMILES string of the molecule is CC(C)C[C@@H](NC(=O)C(C)(C)N)C(=O)NC1Cc2cccc(N3CCCC3=O)c2N(Cc2ccsc2)C1=O.CC(C)C[C@@H](NC(=O)C(C)(C)N)C(=O)NC1Cc2cccc(N3CCCC3=O)c2N(Cc2ccsc2)C1=O.CCOC(C)=O.O=C(O)[C@@H](O)c1ccccc1.O=C(O)[C@@H](O)c1ccccc1. The maximum atomic E-state index is 13.9. The zero-order valence-electron chi connectivity index (χ0n) is 60.5. The molecular formula is C76H98N10O16S2.